The Morgan fingerprint density at radius 2 is 1.90 bits per heavy atom. The van der Waals surface area contributed by atoms with E-state index in [1.165, 1.54) is 0 Å². The van der Waals surface area contributed by atoms with Gasteiger partial charge in [-0.15, -0.1) is 0 Å². The fourth-order valence-electron chi connectivity index (χ4n) is 1.94. The number of benzene rings is 1. The Labute approximate surface area is 133 Å². The maximum Gasteiger partial charge on any atom is 0.228 e. The van der Waals surface area contributed by atoms with E-state index in [0.717, 1.165) is 5.56 Å². The molecule has 6 heteroatoms. The zero-order valence-corrected chi connectivity index (χ0v) is 13.3. The minimum atomic E-state index is 0.0209. The summed E-state index contributed by atoms with van der Waals surface area (Å²) in [7, 11) is 0. The lowest BCUT2D eigenvalue weighted by atomic mass is 10.1. The first kappa shape index (κ1) is 15.6. The quantitative estimate of drug-likeness (QED) is 0.597. The van der Waals surface area contributed by atoms with Crippen molar-refractivity contribution in [2.24, 2.45) is 0 Å². The first-order valence-corrected chi connectivity index (χ1v) is 7.09. The monoisotopic (exact) mass is 321 g/mol. The van der Waals surface area contributed by atoms with Gasteiger partial charge in [-0.1, -0.05) is 25.4 Å². The first-order valence-electron chi connectivity index (χ1n) is 6.33. The zero-order chi connectivity index (χ0) is 15.6. The van der Waals surface area contributed by atoms with Crippen LogP contribution in [0.3, 0.4) is 0 Å². The molecule has 0 radical (unpaired) electrons. The third kappa shape index (κ3) is 3.63. The lowest BCUT2D eigenvalue weighted by Crippen LogP contribution is -2.01. The summed E-state index contributed by atoms with van der Waals surface area (Å²) in [5, 5.41) is 9.30. The van der Waals surface area contributed by atoms with E-state index in [2.05, 4.69) is 16.0 Å². The number of hydrogen-bond acceptors (Lipinski definition) is 4. The molecule has 0 N–H and O–H groups in total. The predicted molar refractivity (Wildman–Crippen MR) is 82.1 cm³/mol. The Hall–Kier alpha value is -1.83. The zero-order valence-electron chi connectivity index (χ0n) is 11.8. The Morgan fingerprint density at radius 1 is 1.19 bits per heavy atom. The normalized spacial score (nSPS) is 10.5. The van der Waals surface area contributed by atoms with Crippen LogP contribution in [0.1, 0.15) is 36.5 Å². The average Bonchev–Trinajstić information content (AvgIpc) is 2.36. The van der Waals surface area contributed by atoms with Gasteiger partial charge in [-0.05, 0) is 48.2 Å². The average molecular weight is 322 g/mol. The van der Waals surface area contributed by atoms with Crippen LogP contribution in [0.4, 0.5) is 0 Å². The molecule has 0 spiro atoms. The van der Waals surface area contributed by atoms with Crippen molar-refractivity contribution in [3.05, 3.63) is 45.3 Å². The highest BCUT2D eigenvalue weighted by Gasteiger charge is 2.18. The Kier molecular flexibility index (Phi) is 4.66. The Bertz CT molecular complexity index is 724. The Balaban J connectivity index is 2.49. The number of aryl methyl sites for hydroxylation is 1. The van der Waals surface area contributed by atoms with Crippen molar-refractivity contribution in [3.63, 3.8) is 0 Å². The minimum Gasteiger partial charge on any atom is -0.438 e. The molecule has 1 heterocycles. The molecule has 0 bridgehead atoms. The summed E-state index contributed by atoms with van der Waals surface area (Å²) in [4.78, 5) is 8.04. The van der Waals surface area contributed by atoms with Gasteiger partial charge in [-0.3, -0.25) is 0 Å². The largest absolute Gasteiger partial charge is 0.438 e. The number of nitrogens with zero attached hydrogens (tertiary/aromatic N) is 3. The van der Waals surface area contributed by atoms with Crippen LogP contribution in [0.15, 0.2) is 18.2 Å². The first-order chi connectivity index (χ1) is 9.90. The van der Waals surface area contributed by atoms with Crippen LogP contribution in [-0.4, -0.2) is 9.97 Å². The molecule has 0 unspecified atom stereocenters. The molecule has 0 aliphatic heterocycles. The van der Waals surface area contributed by atoms with E-state index in [1.807, 2.05) is 26.8 Å². The van der Waals surface area contributed by atoms with E-state index in [-0.39, 0.29) is 16.4 Å². The number of hydrogen-bond donors (Lipinski definition) is 0. The highest BCUT2D eigenvalue weighted by molar-refractivity contribution is 6.32. The van der Waals surface area contributed by atoms with E-state index in [4.69, 9.17) is 33.2 Å². The predicted octanol–water partition coefficient (Wildman–Crippen LogP) is 4.88. The number of rotatable bonds is 3. The summed E-state index contributed by atoms with van der Waals surface area (Å²) in [6.45, 7) is 5.81. The van der Waals surface area contributed by atoms with Gasteiger partial charge in [0.2, 0.25) is 11.2 Å². The SMILES string of the molecule is Cc1cc(C#N)cc(Oc2nc(Cl)nc(Cl)c2C(C)C)c1. The molecular formula is C15H13Cl2N3O. The van der Waals surface area contributed by atoms with Crippen molar-refractivity contribution >= 4 is 23.2 Å². The summed E-state index contributed by atoms with van der Waals surface area (Å²) in [5.41, 5.74) is 2.12. The molecule has 2 rings (SSSR count). The lowest BCUT2D eigenvalue weighted by Gasteiger charge is -2.14. The van der Waals surface area contributed by atoms with Gasteiger partial charge in [-0.25, -0.2) is 4.98 Å². The van der Waals surface area contributed by atoms with Gasteiger partial charge in [0.25, 0.3) is 0 Å². The molecule has 4 nitrogen and oxygen atoms in total. The van der Waals surface area contributed by atoms with E-state index >= 15 is 0 Å². The van der Waals surface area contributed by atoms with Crippen molar-refractivity contribution in [1.29, 1.82) is 5.26 Å². The number of nitriles is 1. The van der Waals surface area contributed by atoms with Crippen LogP contribution in [0.2, 0.25) is 10.4 Å². The van der Waals surface area contributed by atoms with Gasteiger partial charge in [0.15, 0.2) is 0 Å². The standard InChI is InChI=1S/C15H13Cl2N3O/c1-8(2)12-13(16)19-15(17)20-14(12)21-11-5-9(3)4-10(6-11)7-18/h4-6,8H,1-3H3. The van der Waals surface area contributed by atoms with Gasteiger partial charge in [0.05, 0.1) is 17.2 Å². The summed E-state index contributed by atoms with van der Waals surface area (Å²) in [5.74, 6) is 0.897. The molecule has 0 atom stereocenters. The fraction of sp³-hybridized carbons (Fsp3) is 0.267. The molecule has 1 aromatic carbocycles. The van der Waals surface area contributed by atoms with Crippen molar-refractivity contribution < 1.29 is 4.74 Å². The lowest BCUT2D eigenvalue weighted by molar-refractivity contribution is 0.451. The summed E-state index contributed by atoms with van der Waals surface area (Å²) < 4.78 is 5.78. The van der Waals surface area contributed by atoms with E-state index < -0.39 is 0 Å². The van der Waals surface area contributed by atoms with Crippen LogP contribution < -0.4 is 4.74 Å². The molecule has 0 aliphatic carbocycles. The molecule has 2 aromatic rings. The van der Waals surface area contributed by atoms with Crippen molar-refractivity contribution in [2.75, 3.05) is 0 Å². The van der Waals surface area contributed by atoms with E-state index in [9.17, 15) is 0 Å². The number of ether oxygens (including phenoxy) is 1. The Morgan fingerprint density at radius 3 is 2.52 bits per heavy atom. The molecule has 21 heavy (non-hydrogen) atoms. The summed E-state index contributed by atoms with van der Waals surface area (Å²) >= 11 is 12.0. The highest BCUT2D eigenvalue weighted by Crippen LogP contribution is 2.34. The molecule has 0 saturated heterocycles. The second-order valence-electron chi connectivity index (χ2n) is 4.91. The van der Waals surface area contributed by atoms with Crippen LogP contribution in [0.25, 0.3) is 0 Å². The molecule has 0 amide bonds. The van der Waals surface area contributed by atoms with Gasteiger partial charge in [-0.2, -0.15) is 10.2 Å². The van der Waals surface area contributed by atoms with Crippen molar-refractivity contribution in [1.82, 2.24) is 9.97 Å². The van der Waals surface area contributed by atoms with Crippen LogP contribution in [0.5, 0.6) is 11.6 Å². The summed E-state index contributed by atoms with van der Waals surface area (Å²) in [6, 6.07) is 7.32. The molecular weight excluding hydrogens is 309 g/mol. The van der Waals surface area contributed by atoms with Crippen LogP contribution >= 0.6 is 23.2 Å². The van der Waals surface area contributed by atoms with E-state index in [1.54, 1.807) is 12.1 Å². The maximum absolute atomic E-state index is 9.01. The summed E-state index contributed by atoms with van der Waals surface area (Å²) in [6.07, 6.45) is 0. The molecule has 0 saturated carbocycles. The number of halogens is 2. The van der Waals surface area contributed by atoms with Gasteiger partial charge >= 0.3 is 0 Å². The van der Waals surface area contributed by atoms with Crippen LogP contribution in [-0.2, 0) is 0 Å². The molecule has 108 valence electrons. The van der Waals surface area contributed by atoms with Crippen LogP contribution in [0, 0.1) is 18.3 Å². The molecule has 0 aliphatic rings. The van der Waals surface area contributed by atoms with Crippen molar-refractivity contribution in [2.45, 2.75) is 26.7 Å². The van der Waals surface area contributed by atoms with Gasteiger partial charge in [0.1, 0.15) is 10.9 Å². The van der Waals surface area contributed by atoms with Gasteiger partial charge in [0, 0.05) is 0 Å². The second-order valence-corrected chi connectivity index (χ2v) is 5.60. The third-order valence-corrected chi connectivity index (χ3v) is 3.27. The van der Waals surface area contributed by atoms with E-state index in [0.29, 0.717) is 22.8 Å². The van der Waals surface area contributed by atoms with Crippen molar-refractivity contribution in [3.8, 4) is 17.7 Å². The molecule has 1 aromatic heterocycles. The minimum absolute atomic E-state index is 0.0209. The fourth-order valence-corrected chi connectivity index (χ4v) is 2.53. The second kappa shape index (κ2) is 6.30. The number of aromatic nitrogens is 2. The third-order valence-electron chi connectivity index (χ3n) is 2.81. The topological polar surface area (TPSA) is 58.8 Å². The molecule has 0 fully saturated rings. The highest BCUT2D eigenvalue weighted by atomic mass is 35.5. The van der Waals surface area contributed by atoms with Gasteiger partial charge < -0.3 is 4.74 Å². The smallest absolute Gasteiger partial charge is 0.228 e. The maximum atomic E-state index is 9.01.